The number of hydrogen-bond donors (Lipinski definition) is 3. The molecular formula is C16H20N4O. The van der Waals surface area contributed by atoms with E-state index in [4.69, 9.17) is 5.84 Å². The van der Waals surface area contributed by atoms with E-state index in [1.807, 2.05) is 31.2 Å². The van der Waals surface area contributed by atoms with Crippen molar-refractivity contribution in [3.8, 4) is 0 Å². The topological polar surface area (TPSA) is 80.0 Å². The number of nitrogen functional groups attached to an aromatic ring is 1. The lowest BCUT2D eigenvalue weighted by Crippen LogP contribution is -2.18. The maximum Gasteiger partial charge on any atom is 0.259 e. The van der Waals surface area contributed by atoms with Crippen LogP contribution >= 0.6 is 0 Å². The van der Waals surface area contributed by atoms with Gasteiger partial charge in [0.15, 0.2) is 0 Å². The van der Waals surface area contributed by atoms with Crippen molar-refractivity contribution in [1.82, 2.24) is 4.98 Å². The zero-order valence-corrected chi connectivity index (χ0v) is 12.3. The lowest BCUT2D eigenvalue weighted by Gasteiger charge is -2.10. The molecule has 0 saturated carbocycles. The monoisotopic (exact) mass is 284 g/mol. The smallest absolute Gasteiger partial charge is 0.259 e. The Hall–Kier alpha value is -2.40. The number of aryl methyl sites for hydroxylation is 2. The van der Waals surface area contributed by atoms with Crippen LogP contribution in [0.25, 0.3) is 0 Å². The van der Waals surface area contributed by atoms with E-state index in [2.05, 4.69) is 22.7 Å². The van der Waals surface area contributed by atoms with Gasteiger partial charge in [-0.3, -0.25) is 15.6 Å². The second-order valence-electron chi connectivity index (χ2n) is 4.92. The van der Waals surface area contributed by atoms with E-state index in [0.717, 1.165) is 24.2 Å². The number of hydrogen-bond acceptors (Lipinski definition) is 4. The number of anilines is 2. The maximum absolute atomic E-state index is 12.3. The standard InChI is InChI=1S/C16H20N4O/c1-3-4-12-5-7-13(8-6-12)19-16(21)14-10-18-11(2)9-15(14)20-17/h5-10H,3-4,17H2,1-2H3,(H,18,20)(H,19,21). The molecule has 1 aromatic carbocycles. The summed E-state index contributed by atoms with van der Waals surface area (Å²) in [7, 11) is 0. The summed E-state index contributed by atoms with van der Waals surface area (Å²) < 4.78 is 0. The van der Waals surface area contributed by atoms with Crippen LogP contribution in [-0.4, -0.2) is 10.9 Å². The molecule has 5 nitrogen and oxygen atoms in total. The van der Waals surface area contributed by atoms with Crippen molar-refractivity contribution in [1.29, 1.82) is 0 Å². The molecule has 0 bridgehead atoms. The molecule has 0 saturated heterocycles. The Balaban J connectivity index is 2.14. The molecule has 0 spiro atoms. The van der Waals surface area contributed by atoms with Crippen molar-refractivity contribution in [2.24, 2.45) is 5.84 Å². The van der Waals surface area contributed by atoms with Crippen LogP contribution in [0, 0.1) is 6.92 Å². The molecule has 5 heteroatoms. The minimum absolute atomic E-state index is 0.237. The Morgan fingerprint density at radius 3 is 2.62 bits per heavy atom. The average molecular weight is 284 g/mol. The highest BCUT2D eigenvalue weighted by Crippen LogP contribution is 2.17. The zero-order chi connectivity index (χ0) is 15.2. The van der Waals surface area contributed by atoms with Crippen molar-refractivity contribution in [3.63, 3.8) is 0 Å². The number of amides is 1. The van der Waals surface area contributed by atoms with Crippen LogP contribution in [0.1, 0.15) is 35.0 Å². The van der Waals surface area contributed by atoms with Gasteiger partial charge in [0.25, 0.3) is 5.91 Å². The van der Waals surface area contributed by atoms with Gasteiger partial charge in [-0.1, -0.05) is 25.5 Å². The van der Waals surface area contributed by atoms with Crippen molar-refractivity contribution < 1.29 is 4.79 Å². The van der Waals surface area contributed by atoms with Gasteiger partial charge in [-0.05, 0) is 37.1 Å². The molecule has 0 aliphatic heterocycles. The number of carbonyl (C=O) groups is 1. The Bertz CT molecular complexity index is 623. The Morgan fingerprint density at radius 2 is 2.00 bits per heavy atom. The number of rotatable bonds is 5. The third-order valence-corrected chi connectivity index (χ3v) is 3.19. The zero-order valence-electron chi connectivity index (χ0n) is 12.3. The van der Waals surface area contributed by atoms with Crippen LogP contribution < -0.4 is 16.6 Å². The van der Waals surface area contributed by atoms with Crippen molar-refractivity contribution >= 4 is 17.3 Å². The highest BCUT2D eigenvalue weighted by Gasteiger charge is 2.12. The van der Waals surface area contributed by atoms with Gasteiger partial charge in [0.1, 0.15) is 0 Å². The summed E-state index contributed by atoms with van der Waals surface area (Å²) in [4.78, 5) is 16.4. The summed E-state index contributed by atoms with van der Waals surface area (Å²) in [5, 5.41) is 2.85. The molecule has 2 aromatic rings. The summed E-state index contributed by atoms with van der Waals surface area (Å²) in [6, 6.07) is 9.59. The summed E-state index contributed by atoms with van der Waals surface area (Å²) in [6.07, 6.45) is 3.66. The third-order valence-electron chi connectivity index (χ3n) is 3.19. The fourth-order valence-electron chi connectivity index (χ4n) is 2.10. The van der Waals surface area contributed by atoms with E-state index >= 15 is 0 Å². The van der Waals surface area contributed by atoms with Crippen LogP contribution in [0.15, 0.2) is 36.5 Å². The Labute approximate surface area is 124 Å². The lowest BCUT2D eigenvalue weighted by atomic mass is 10.1. The van der Waals surface area contributed by atoms with Gasteiger partial charge in [0.05, 0.1) is 11.3 Å². The fourth-order valence-corrected chi connectivity index (χ4v) is 2.10. The minimum Gasteiger partial charge on any atom is -0.323 e. The molecular weight excluding hydrogens is 264 g/mol. The predicted octanol–water partition coefficient (Wildman–Crippen LogP) is 2.88. The molecule has 4 N–H and O–H groups in total. The van der Waals surface area contributed by atoms with Gasteiger partial charge in [0, 0.05) is 17.6 Å². The fraction of sp³-hybridized carbons (Fsp3) is 0.250. The van der Waals surface area contributed by atoms with Gasteiger partial charge in [-0.15, -0.1) is 0 Å². The number of pyridine rings is 1. The first kappa shape index (κ1) is 15.0. The molecule has 0 atom stereocenters. The first-order valence-electron chi connectivity index (χ1n) is 6.97. The van der Waals surface area contributed by atoms with Crippen LogP contribution in [-0.2, 0) is 6.42 Å². The van der Waals surface area contributed by atoms with E-state index in [9.17, 15) is 4.79 Å². The molecule has 110 valence electrons. The SMILES string of the molecule is CCCc1ccc(NC(=O)c2cnc(C)cc2NN)cc1. The number of nitrogens with one attached hydrogen (secondary N) is 2. The highest BCUT2D eigenvalue weighted by molar-refractivity contribution is 6.07. The molecule has 21 heavy (non-hydrogen) atoms. The second kappa shape index (κ2) is 6.85. The van der Waals surface area contributed by atoms with Gasteiger partial charge in [0.2, 0.25) is 0 Å². The van der Waals surface area contributed by atoms with Crippen molar-refractivity contribution in [2.75, 3.05) is 10.7 Å². The van der Waals surface area contributed by atoms with Crippen molar-refractivity contribution in [3.05, 3.63) is 53.3 Å². The van der Waals surface area contributed by atoms with Crippen LogP contribution in [0.2, 0.25) is 0 Å². The largest absolute Gasteiger partial charge is 0.323 e. The van der Waals surface area contributed by atoms with E-state index in [-0.39, 0.29) is 5.91 Å². The molecule has 0 aliphatic carbocycles. The lowest BCUT2D eigenvalue weighted by molar-refractivity contribution is 0.102. The molecule has 2 rings (SSSR count). The van der Waals surface area contributed by atoms with Crippen LogP contribution in [0.5, 0.6) is 0 Å². The van der Waals surface area contributed by atoms with Gasteiger partial charge in [-0.25, -0.2) is 0 Å². The van der Waals surface area contributed by atoms with Crippen LogP contribution in [0.3, 0.4) is 0 Å². The molecule has 1 amide bonds. The number of nitrogens with zero attached hydrogens (tertiary/aromatic N) is 1. The van der Waals surface area contributed by atoms with E-state index in [1.165, 1.54) is 11.8 Å². The molecule has 0 aliphatic rings. The number of hydrazine groups is 1. The van der Waals surface area contributed by atoms with E-state index in [1.54, 1.807) is 6.07 Å². The van der Waals surface area contributed by atoms with E-state index < -0.39 is 0 Å². The summed E-state index contributed by atoms with van der Waals surface area (Å²) in [5.74, 6) is 5.21. The molecule has 0 radical (unpaired) electrons. The molecule has 0 unspecified atom stereocenters. The van der Waals surface area contributed by atoms with Gasteiger partial charge < -0.3 is 10.7 Å². The Kier molecular flexibility index (Phi) is 4.90. The molecule has 1 aromatic heterocycles. The minimum atomic E-state index is -0.237. The number of nitrogens with two attached hydrogens (primary N) is 1. The predicted molar refractivity (Wildman–Crippen MR) is 85.2 cm³/mol. The quantitative estimate of drug-likeness (QED) is 0.582. The number of aromatic nitrogens is 1. The molecule has 1 heterocycles. The number of carbonyl (C=O) groups excluding carboxylic acids is 1. The normalized spacial score (nSPS) is 10.2. The number of benzene rings is 1. The highest BCUT2D eigenvalue weighted by atomic mass is 16.1. The first-order chi connectivity index (χ1) is 10.1. The van der Waals surface area contributed by atoms with Gasteiger partial charge >= 0.3 is 0 Å². The van der Waals surface area contributed by atoms with E-state index in [0.29, 0.717) is 11.3 Å². The van der Waals surface area contributed by atoms with Gasteiger partial charge in [-0.2, -0.15) is 0 Å². The van der Waals surface area contributed by atoms with Crippen molar-refractivity contribution in [2.45, 2.75) is 26.7 Å². The summed E-state index contributed by atoms with van der Waals surface area (Å²) in [6.45, 7) is 3.98. The average Bonchev–Trinajstić information content (AvgIpc) is 2.49. The molecule has 0 fully saturated rings. The maximum atomic E-state index is 12.3. The Morgan fingerprint density at radius 1 is 1.29 bits per heavy atom. The third kappa shape index (κ3) is 3.79. The van der Waals surface area contributed by atoms with Crippen LogP contribution in [0.4, 0.5) is 11.4 Å². The second-order valence-corrected chi connectivity index (χ2v) is 4.92. The summed E-state index contributed by atoms with van der Waals surface area (Å²) >= 11 is 0. The first-order valence-corrected chi connectivity index (χ1v) is 6.97. The summed E-state index contributed by atoms with van der Waals surface area (Å²) in [5.41, 5.74) is 6.31.